The Bertz CT molecular complexity index is 385. The van der Waals surface area contributed by atoms with E-state index in [0.29, 0.717) is 11.8 Å². The van der Waals surface area contributed by atoms with E-state index < -0.39 is 0 Å². The first-order valence-electron chi connectivity index (χ1n) is 7.08. The van der Waals surface area contributed by atoms with Gasteiger partial charge >= 0.3 is 0 Å². The van der Waals surface area contributed by atoms with Crippen molar-refractivity contribution >= 4 is 0 Å². The second-order valence-electron chi connectivity index (χ2n) is 6.75. The van der Waals surface area contributed by atoms with Crippen LogP contribution in [0.15, 0.2) is 18.2 Å². The van der Waals surface area contributed by atoms with E-state index in [2.05, 4.69) is 59.7 Å². The number of hydrogen-bond donors (Lipinski definition) is 1. The molecule has 1 rings (SSSR count). The number of hydrogen-bond acceptors (Lipinski definition) is 1. The normalized spacial score (nSPS) is 14.0. The fraction of sp³-hybridized carbons (Fsp3) is 0.647. The molecule has 102 valence electrons. The van der Waals surface area contributed by atoms with Crippen molar-refractivity contribution in [1.82, 2.24) is 0 Å². The number of aryl methyl sites for hydroxylation is 1. The first kappa shape index (κ1) is 15.2. The molecule has 0 aliphatic heterocycles. The van der Waals surface area contributed by atoms with E-state index >= 15 is 0 Å². The van der Waals surface area contributed by atoms with E-state index in [1.807, 2.05) is 0 Å². The first-order chi connectivity index (χ1) is 8.27. The van der Waals surface area contributed by atoms with Crippen molar-refractivity contribution in [3.8, 4) is 0 Å². The van der Waals surface area contributed by atoms with Gasteiger partial charge in [0, 0.05) is 0 Å². The third-order valence-corrected chi connectivity index (χ3v) is 3.83. The third-order valence-electron chi connectivity index (χ3n) is 3.83. The fourth-order valence-electron chi connectivity index (χ4n) is 2.53. The quantitative estimate of drug-likeness (QED) is 0.839. The highest BCUT2D eigenvalue weighted by atomic mass is 14.5. The Morgan fingerprint density at radius 1 is 1.17 bits per heavy atom. The lowest BCUT2D eigenvalue weighted by Gasteiger charge is -2.26. The van der Waals surface area contributed by atoms with Crippen molar-refractivity contribution in [1.29, 1.82) is 0 Å². The van der Waals surface area contributed by atoms with Crippen LogP contribution in [0.25, 0.3) is 0 Å². The molecule has 0 bridgehead atoms. The molecule has 0 aromatic heterocycles. The molecule has 1 nitrogen and oxygen atoms in total. The Morgan fingerprint density at radius 3 is 2.22 bits per heavy atom. The first-order valence-corrected chi connectivity index (χ1v) is 7.08. The molecule has 0 spiro atoms. The molecule has 1 atom stereocenters. The Balaban J connectivity index is 3.20. The summed E-state index contributed by atoms with van der Waals surface area (Å²) in [6.07, 6.45) is 1.08. The molecular formula is C17H29N. The summed E-state index contributed by atoms with van der Waals surface area (Å²) in [4.78, 5) is 0. The Hall–Kier alpha value is -0.820. The topological polar surface area (TPSA) is 26.0 Å². The largest absolute Gasteiger partial charge is 0.330 e. The highest BCUT2D eigenvalue weighted by Crippen LogP contribution is 2.33. The molecule has 0 saturated carbocycles. The van der Waals surface area contributed by atoms with Gasteiger partial charge in [-0.2, -0.15) is 0 Å². The molecule has 1 aromatic carbocycles. The highest BCUT2D eigenvalue weighted by Gasteiger charge is 2.20. The van der Waals surface area contributed by atoms with Gasteiger partial charge in [-0.05, 0) is 53.8 Å². The van der Waals surface area contributed by atoms with Crippen molar-refractivity contribution < 1.29 is 0 Å². The van der Waals surface area contributed by atoms with Gasteiger partial charge in [-0.1, -0.05) is 52.8 Å². The third kappa shape index (κ3) is 3.58. The van der Waals surface area contributed by atoms with Crippen LogP contribution in [0.3, 0.4) is 0 Å². The molecule has 0 saturated heterocycles. The van der Waals surface area contributed by atoms with E-state index in [0.717, 1.165) is 13.0 Å². The molecule has 1 aromatic rings. The lowest BCUT2D eigenvalue weighted by molar-refractivity contribution is 0.469. The van der Waals surface area contributed by atoms with Gasteiger partial charge in [0.05, 0.1) is 0 Å². The van der Waals surface area contributed by atoms with Gasteiger partial charge in [0.2, 0.25) is 0 Å². The highest BCUT2D eigenvalue weighted by molar-refractivity contribution is 5.37. The maximum absolute atomic E-state index is 5.78. The summed E-state index contributed by atoms with van der Waals surface area (Å²) in [5, 5.41) is 0. The smallest absolute Gasteiger partial charge is 0.00713 e. The van der Waals surface area contributed by atoms with Crippen LogP contribution >= 0.6 is 0 Å². The Kier molecular flexibility index (Phi) is 4.98. The zero-order chi connectivity index (χ0) is 13.9. The van der Waals surface area contributed by atoms with E-state index in [1.165, 1.54) is 16.7 Å². The summed E-state index contributed by atoms with van der Waals surface area (Å²) in [6.45, 7) is 14.4. The van der Waals surface area contributed by atoms with Crippen LogP contribution in [0, 0.1) is 12.8 Å². The lowest BCUT2D eigenvalue weighted by atomic mass is 9.79. The Labute approximate surface area is 113 Å². The van der Waals surface area contributed by atoms with E-state index in [-0.39, 0.29) is 5.41 Å². The summed E-state index contributed by atoms with van der Waals surface area (Å²) in [5.41, 5.74) is 10.3. The van der Waals surface area contributed by atoms with Crippen molar-refractivity contribution in [2.24, 2.45) is 11.7 Å². The minimum atomic E-state index is 0.215. The van der Waals surface area contributed by atoms with Crippen molar-refractivity contribution in [2.75, 3.05) is 6.54 Å². The van der Waals surface area contributed by atoms with E-state index in [4.69, 9.17) is 5.73 Å². The zero-order valence-electron chi connectivity index (χ0n) is 12.9. The number of nitrogens with two attached hydrogens (primary N) is 1. The van der Waals surface area contributed by atoms with Crippen molar-refractivity contribution in [3.63, 3.8) is 0 Å². The van der Waals surface area contributed by atoms with Crippen LogP contribution in [0.2, 0.25) is 0 Å². The predicted octanol–water partition coefficient (Wildman–Crippen LogP) is 4.38. The second-order valence-corrected chi connectivity index (χ2v) is 6.75. The minimum Gasteiger partial charge on any atom is -0.330 e. The van der Waals surface area contributed by atoms with Crippen LogP contribution in [0.4, 0.5) is 0 Å². The predicted molar refractivity (Wildman–Crippen MR) is 81.1 cm³/mol. The number of benzene rings is 1. The van der Waals surface area contributed by atoms with Gasteiger partial charge < -0.3 is 5.73 Å². The molecule has 1 unspecified atom stereocenters. The summed E-state index contributed by atoms with van der Waals surface area (Å²) in [5.74, 6) is 1.22. The van der Waals surface area contributed by atoms with Crippen LogP contribution in [0.1, 0.15) is 63.6 Å². The van der Waals surface area contributed by atoms with Gasteiger partial charge in [0.1, 0.15) is 0 Å². The van der Waals surface area contributed by atoms with Crippen LogP contribution < -0.4 is 5.73 Å². The van der Waals surface area contributed by atoms with E-state index in [9.17, 15) is 0 Å². The summed E-state index contributed by atoms with van der Waals surface area (Å²) < 4.78 is 0. The van der Waals surface area contributed by atoms with Gasteiger partial charge in [-0.3, -0.25) is 0 Å². The van der Waals surface area contributed by atoms with E-state index in [1.54, 1.807) is 0 Å². The van der Waals surface area contributed by atoms with Gasteiger partial charge in [0.25, 0.3) is 0 Å². The molecule has 0 aliphatic carbocycles. The van der Waals surface area contributed by atoms with Gasteiger partial charge in [-0.15, -0.1) is 0 Å². The minimum absolute atomic E-state index is 0.215. The maximum Gasteiger partial charge on any atom is -0.00713 e. The summed E-state index contributed by atoms with van der Waals surface area (Å²) >= 11 is 0. The molecule has 0 aliphatic rings. The lowest BCUT2D eigenvalue weighted by Crippen LogP contribution is -2.16. The molecular weight excluding hydrogens is 218 g/mol. The standard InChI is InChI=1S/C17H29N/c1-12(2)15(9-10-18)16-11-14(17(4,5)6)8-7-13(16)3/h7-8,11-12,15H,9-10,18H2,1-6H3. The maximum atomic E-state index is 5.78. The number of rotatable bonds is 4. The molecule has 0 heterocycles. The van der Waals surface area contributed by atoms with Crippen LogP contribution in [-0.4, -0.2) is 6.54 Å². The molecule has 18 heavy (non-hydrogen) atoms. The molecule has 0 fully saturated rings. The van der Waals surface area contributed by atoms with Gasteiger partial charge in [-0.25, -0.2) is 0 Å². The van der Waals surface area contributed by atoms with Crippen LogP contribution in [0.5, 0.6) is 0 Å². The average Bonchev–Trinajstić information content (AvgIpc) is 2.25. The summed E-state index contributed by atoms with van der Waals surface area (Å²) in [7, 11) is 0. The monoisotopic (exact) mass is 247 g/mol. The molecule has 1 heteroatoms. The SMILES string of the molecule is Cc1ccc(C(C)(C)C)cc1C(CCN)C(C)C. The summed E-state index contributed by atoms with van der Waals surface area (Å²) in [6, 6.07) is 6.93. The Morgan fingerprint density at radius 2 is 1.78 bits per heavy atom. The van der Waals surface area contributed by atoms with Crippen LogP contribution in [-0.2, 0) is 5.41 Å². The van der Waals surface area contributed by atoms with Crippen molar-refractivity contribution in [2.45, 2.75) is 59.3 Å². The molecule has 2 N–H and O–H groups in total. The molecule has 0 amide bonds. The zero-order valence-corrected chi connectivity index (χ0v) is 12.9. The van der Waals surface area contributed by atoms with Crippen molar-refractivity contribution in [3.05, 3.63) is 34.9 Å². The molecule has 0 radical (unpaired) electrons. The fourth-order valence-corrected chi connectivity index (χ4v) is 2.53. The van der Waals surface area contributed by atoms with Gasteiger partial charge in [0.15, 0.2) is 0 Å². The second kappa shape index (κ2) is 5.88. The average molecular weight is 247 g/mol.